The van der Waals surface area contributed by atoms with Crippen molar-refractivity contribution < 1.29 is 4.79 Å². The highest BCUT2D eigenvalue weighted by molar-refractivity contribution is 5.81. The van der Waals surface area contributed by atoms with E-state index in [1.807, 2.05) is 29.1 Å². The predicted molar refractivity (Wildman–Crippen MR) is 77.5 cm³/mol. The molecule has 1 amide bonds. The molecule has 4 heteroatoms. The van der Waals surface area contributed by atoms with Gasteiger partial charge in [-0.3, -0.25) is 4.79 Å². The van der Waals surface area contributed by atoms with Crippen molar-refractivity contribution in [3.63, 3.8) is 0 Å². The lowest BCUT2D eigenvalue weighted by molar-refractivity contribution is -0.122. The normalized spacial score (nSPS) is 20.6. The van der Waals surface area contributed by atoms with Crippen molar-refractivity contribution in [3.8, 4) is 5.69 Å². The third-order valence-electron chi connectivity index (χ3n) is 3.86. The summed E-state index contributed by atoms with van der Waals surface area (Å²) >= 11 is 0. The topological polar surface area (TPSA) is 46.9 Å². The van der Waals surface area contributed by atoms with Gasteiger partial charge in [-0.15, -0.1) is 0 Å². The highest BCUT2D eigenvalue weighted by atomic mass is 16.2. The fourth-order valence-electron chi connectivity index (χ4n) is 2.39. The van der Waals surface area contributed by atoms with Gasteiger partial charge in [-0.05, 0) is 42.5 Å². The quantitative estimate of drug-likeness (QED) is 0.904. The van der Waals surface area contributed by atoms with Crippen molar-refractivity contribution in [1.82, 2.24) is 15.1 Å². The standard InChI is InChI=1S/C16H19N3O/c1-12-11-15(12)16(20)17-9-7-13-3-5-14(6-4-13)19-10-2-8-18-19/h2-6,8,10,12,15H,7,9,11H2,1H3,(H,17,20)/t12-,15-/m0/s1. The van der Waals surface area contributed by atoms with Crippen LogP contribution in [0.4, 0.5) is 0 Å². The summed E-state index contributed by atoms with van der Waals surface area (Å²) in [6.45, 7) is 2.83. The van der Waals surface area contributed by atoms with Gasteiger partial charge in [-0.1, -0.05) is 19.1 Å². The Balaban J connectivity index is 1.50. The monoisotopic (exact) mass is 269 g/mol. The SMILES string of the molecule is C[C@H]1C[C@@H]1C(=O)NCCc1ccc(-n2cccn2)cc1. The van der Waals surface area contributed by atoms with E-state index in [0.29, 0.717) is 12.5 Å². The lowest BCUT2D eigenvalue weighted by Crippen LogP contribution is -2.27. The smallest absolute Gasteiger partial charge is 0.223 e. The number of carbonyl (C=O) groups is 1. The zero-order valence-corrected chi connectivity index (χ0v) is 11.6. The van der Waals surface area contributed by atoms with Crippen LogP contribution in [0, 0.1) is 11.8 Å². The second-order valence-corrected chi connectivity index (χ2v) is 5.48. The predicted octanol–water partition coefficient (Wildman–Crippen LogP) is 2.19. The van der Waals surface area contributed by atoms with Gasteiger partial charge in [0.2, 0.25) is 5.91 Å². The van der Waals surface area contributed by atoms with E-state index in [9.17, 15) is 4.79 Å². The summed E-state index contributed by atoms with van der Waals surface area (Å²) < 4.78 is 1.83. The average Bonchev–Trinajstić information content (AvgIpc) is 2.97. The Hall–Kier alpha value is -2.10. The molecule has 104 valence electrons. The minimum absolute atomic E-state index is 0.214. The minimum Gasteiger partial charge on any atom is -0.356 e. The van der Waals surface area contributed by atoms with Crippen LogP contribution in [-0.4, -0.2) is 22.2 Å². The molecule has 0 saturated heterocycles. The van der Waals surface area contributed by atoms with Crippen LogP contribution >= 0.6 is 0 Å². The maximum Gasteiger partial charge on any atom is 0.223 e. The Morgan fingerprint density at radius 3 is 2.75 bits per heavy atom. The van der Waals surface area contributed by atoms with Crippen LogP contribution in [0.25, 0.3) is 5.69 Å². The van der Waals surface area contributed by atoms with E-state index >= 15 is 0 Å². The first-order valence-corrected chi connectivity index (χ1v) is 7.11. The van der Waals surface area contributed by atoms with Crippen LogP contribution < -0.4 is 5.32 Å². The Morgan fingerprint density at radius 1 is 1.40 bits per heavy atom. The maximum absolute atomic E-state index is 11.7. The Kier molecular flexibility index (Phi) is 3.54. The zero-order chi connectivity index (χ0) is 13.9. The van der Waals surface area contributed by atoms with E-state index in [-0.39, 0.29) is 11.8 Å². The van der Waals surface area contributed by atoms with Gasteiger partial charge in [0.25, 0.3) is 0 Å². The molecule has 4 nitrogen and oxygen atoms in total. The van der Waals surface area contributed by atoms with Crippen molar-refractivity contribution >= 4 is 5.91 Å². The van der Waals surface area contributed by atoms with Crippen LogP contribution in [0.5, 0.6) is 0 Å². The number of rotatable bonds is 5. The van der Waals surface area contributed by atoms with Crippen LogP contribution in [-0.2, 0) is 11.2 Å². The van der Waals surface area contributed by atoms with Crippen molar-refractivity contribution in [1.29, 1.82) is 0 Å². The number of nitrogens with one attached hydrogen (secondary N) is 1. The molecule has 1 fully saturated rings. The molecule has 0 aliphatic heterocycles. The number of amides is 1. The molecule has 1 aliphatic carbocycles. The summed E-state index contributed by atoms with van der Waals surface area (Å²) in [5.74, 6) is 1.05. The Bertz CT molecular complexity index is 574. The van der Waals surface area contributed by atoms with Gasteiger partial charge in [0, 0.05) is 24.9 Å². The van der Waals surface area contributed by atoms with Gasteiger partial charge in [-0.2, -0.15) is 5.10 Å². The van der Waals surface area contributed by atoms with E-state index in [0.717, 1.165) is 18.5 Å². The fraction of sp³-hybridized carbons (Fsp3) is 0.375. The third kappa shape index (κ3) is 2.90. The molecule has 0 bridgehead atoms. The summed E-state index contributed by atoms with van der Waals surface area (Å²) in [5.41, 5.74) is 2.28. The molecule has 20 heavy (non-hydrogen) atoms. The van der Waals surface area contributed by atoms with Crippen molar-refractivity contribution in [2.45, 2.75) is 19.8 Å². The number of benzene rings is 1. The van der Waals surface area contributed by atoms with E-state index in [2.05, 4.69) is 29.5 Å². The van der Waals surface area contributed by atoms with Crippen LogP contribution in [0.15, 0.2) is 42.7 Å². The second kappa shape index (κ2) is 5.49. The van der Waals surface area contributed by atoms with Crippen LogP contribution in [0.2, 0.25) is 0 Å². The van der Waals surface area contributed by atoms with Gasteiger partial charge in [-0.25, -0.2) is 4.68 Å². The molecular formula is C16H19N3O. The molecule has 1 aliphatic rings. The van der Waals surface area contributed by atoms with Crippen molar-refractivity contribution in [2.75, 3.05) is 6.54 Å². The number of nitrogens with zero attached hydrogens (tertiary/aromatic N) is 2. The van der Waals surface area contributed by atoms with E-state index in [4.69, 9.17) is 0 Å². The lowest BCUT2D eigenvalue weighted by Gasteiger charge is -2.06. The molecule has 3 rings (SSSR count). The van der Waals surface area contributed by atoms with Crippen LogP contribution in [0.3, 0.4) is 0 Å². The summed E-state index contributed by atoms with van der Waals surface area (Å²) in [7, 11) is 0. The largest absolute Gasteiger partial charge is 0.356 e. The molecule has 1 saturated carbocycles. The van der Waals surface area contributed by atoms with Crippen molar-refractivity contribution in [3.05, 3.63) is 48.3 Å². The Morgan fingerprint density at radius 2 is 2.15 bits per heavy atom. The molecule has 1 aromatic carbocycles. The lowest BCUT2D eigenvalue weighted by atomic mass is 10.1. The number of hydrogen-bond acceptors (Lipinski definition) is 2. The summed E-state index contributed by atoms with van der Waals surface area (Å²) in [6, 6.07) is 10.2. The summed E-state index contributed by atoms with van der Waals surface area (Å²) in [6.07, 6.45) is 5.60. The number of carbonyl (C=O) groups excluding carboxylic acids is 1. The summed E-state index contributed by atoms with van der Waals surface area (Å²) in [4.78, 5) is 11.7. The van der Waals surface area contributed by atoms with E-state index in [1.54, 1.807) is 6.20 Å². The third-order valence-corrected chi connectivity index (χ3v) is 3.86. The molecule has 1 heterocycles. The van der Waals surface area contributed by atoms with Gasteiger partial charge < -0.3 is 5.32 Å². The average molecular weight is 269 g/mol. The van der Waals surface area contributed by atoms with Gasteiger partial charge >= 0.3 is 0 Å². The van der Waals surface area contributed by atoms with E-state index < -0.39 is 0 Å². The molecule has 1 aromatic heterocycles. The number of hydrogen-bond donors (Lipinski definition) is 1. The van der Waals surface area contributed by atoms with Crippen LogP contribution in [0.1, 0.15) is 18.9 Å². The molecule has 1 N–H and O–H groups in total. The molecule has 0 unspecified atom stereocenters. The highest BCUT2D eigenvalue weighted by Crippen LogP contribution is 2.37. The van der Waals surface area contributed by atoms with Gasteiger partial charge in [0.1, 0.15) is 0 Å². The highest BCUT2D eigenvalue weighted by Gasteiger charge is 2.38. The van der Waals surface area contributed by atoms with Gasteiger partial charge in [0.05, 0.1) is 5.69 Å². The zero-order valence-electron chi connectivity index (χ0n) is 11.6. The molecule has 2 aromatic rings. The first-order chi connectivity index (χ1) is 9.74. The maximum atomic E-state index is 11.7. The summed E-state index contributed by atoms with van der Waals surface area (Å²) in [5, 5.41) is 7.20. The minimum atomic E-state index is 0.214. The first-order valence-electron chi connectivity index (χ1n) is 7.11. The first kappa shape index (κ1) is 12.9. The molecule has 2 atom stereocenters. The fourth-order valence-corrected chi connectivity index (χ4v) is 2.39. The van der Waals surface area contributed by atoms with Crippen molar-refractivity contribution in [2.24, 2.45) is 11.8 Å². The second-order valence-electron chi connectivity index (χ2n) is 5.48. The van der Waals surface area contributed by atoms with Gasteiger partial charge in [0.15, 0.2) is 0 Å². The number of aromatic nitrogens is 2. The molecule has 0 radical (unpaired) electrons. The Labute approximate surface area is 118 Å². The van der Waals surface area contributed by atoms with E-state index in [1.165, 1.54) is 5.56 Å². The molecule has 0 spiro atoms. The molecular weight excluding hydrogens is 250 g/mol.